The highest BCUT2D eigenvalue weighted by molar-refractivity contribution is 5.30. The summed E-state index contributed by atoms with van der Waals surface area (Å²) in [5.41, 5.74) is -0.115. The lowest BCUT2D eigenvalue weighted by Crippen LogP contribution is -2.07. The van der Waals surface area contributed by atoms with Crippen molar-refractivity contribution in [3.05, 3.63) is 40.7 Å². The van der Waals surface area contributed by atoms with Crippen LogP contribution in [0, 0.1) is 10.1 Å². The highest BCUT2D eigenvalue weighted by Crippen LogP contribution is 2.08. The molecule has 0 fully saturated rings. The number of hydrogen-bond acceptors (Lipinski definition) is 6. The Morgan fingerprint density at radius 2 is 2.11 bits per heavy atom. The molecule has 0 amide bonds. The van der Waals surface area contributed by atoms with Gasteiger partial charge in [0.1, 0.15) is 18.2 Å². The Balaban J connectivity index is 1.75. The van der Waals surface area contributed by atoms with Gasteiger partial charge in [0.15, 0.2) is 0 Å². The second-order valence-corrected chi connectivity index (χ2v) is 3.59. The first kappa shape index (κ1) is 12.0. The minimum Gasteiger partial charge on any atom is -0.354 e. The van der Waals surface area contributed by atoms with E-state index in [9.17, 15) is 10.1 Å². The molecule has 18 heavy (non-hydrogen) atoms. The minimum absolute atomic E-state index is 0.115. The van der Waals surface area contributed by atoms with Gasteiger partial charge in [0.05, 0.1) is 4.92 Å². The fourth-order valence-corrected chi connectivity index (χ4v) is 1.40. The maximum Gasteiger partial charge on any atom is 0.305 e. The van der Waals surface area contributed by atoms with Crippen LogP contribution in [0.25, 0.3) is 0 Å². The summed E-state index contributed by atoms with van der Waals surface area (Å²) in [6.07, 6.45) is 7.55. The van der Waals surface area contributed by atoms with Crippen molar-refractivity contribution in [1.82, 2.24) is 19.9 Å². The van der Waals surface area contributed by atoms with Gasteiger partial charge in [0.2, 0.25) is 5.95 Å². The van der Waals surface area contributed by atoms with Crippen LogP contribution in [-0.2, 0) is 6.42 Å². The lowest BCUT2D eigenvalue weighted by molar-refractivity contribution is -0.385. The van der Waals surface area contributed by atoms with E-state index in [0.29, 0.717) is 12.5 Å². The van der Waals surface area contributed by atoms with E-state index < -0.39 is 4.92 Å². The summed E-state index contributed by atoms with van der Waals surface area (Å²) in [4.78, 5) is 24.7. The summed E-state index contributed by atoms with van der Waals surface area (Å²) >= 11 is 0. The molecule has 94 valence electrons. The fourth-order valence-electron chi connectivity index (χ4n) is 1.40. The molecule has 0 saturated carbocycles. The molecule has 0 bridgehead atoms. The maximum absolute atomic E-state index is 10.4. The predicted octanol–water partition coefficient (Wildman–Crippen LogP) is 1.15. The van der Waals surface area contributed by atoms with Gasteiger partial charge in [-0.2, -0.15) is 0 Å². The number of hydrogen-bond donors (Lipinski definition) is 2. The van der Waals surface area contributed by atoms with Crippen molar-refractivity contribution in [1.29, 1.82) is 0 Å². The van der Waals surface area contributed by atoms with Crippen molar-refractivity contribution in [2.24, 2.45) is 0 Å². The van der Waals surface area contributed by atoms with Crippen LogP contribution in [0.2, 0.25) is 0 Å². The fraction of sp³-hybridized carbons (Fsp3) is 0.300. The van der Waals surface area contributed by atoms with E-state index in [-0.39, 0.29) is 5.69 Å². The molecule has 8 heteroatoms. The van der Waals surface area contributed by atoms with Crippen LogP contribution in [0.3, 0.4) is 0 Å². The zero-order valence-corrected chi connectivity index (χ0v) is 9.54. The Bertz CT molecular complexity index is 496. The number of anilines is 1. The van der Waals surface area contributed by atoms with Crippen molar-refractivity contribution >= 4 is 11.6 Å². The topological polar surface area (TPSA) is 110 Å². The summed E-state index contributed by atoms with van der Waals surface area (Å²) in [5, 5.41) is 13.4. The zero-order chi connectivity index (χ0) is 12.8. The number of H-pyrrole nitrogens is 1. The molecule has 0 unspecified atom stereocenters. The van der Waals surface area contributed by atoms with E-state index in [1.165, 1.54) is 12.4 Å². The minimum atomic E-state index is -0.527. The van der Waals surface area contributed by atoms with Crippen LogP contribution in [-0.4, -0.2) is 31.4 Å². The number of aromatic amines is 1. The standard InChI is InChI=1S/C10H12N6O2/c17-16(18)8-6-14-10(15-7-8)13-3-1-2-9-11-4-5-12-9/h4-7H,1-3H2,(H,11,12)(H,13,14,15). The van der Waals surface area contributed by atoms with Crippen molar-refractivity contribution in [3.8, 4) is 0 Å². The molecule has 2 aromatic rings. The Labute approximate surface area is 103 Å². The van der Waals surface area contributed by atoms with Crippen LogP contribution in [0.15, 0.2) is 24.8 Å². The molecule has 0 aromatic carbocycles. The first-order valence-corrected chi connectivity index (χ1v) is 5.44. The average molecular weight is 248 g/mol. The molecule has 2 rings (SSSR count). The number of nitro groups is 1. The molecule has 0 atom stereocenters. The second kappa shape index (κ2) is 5.71. The van der Waals surface area contributed by atoms with Crippen molar-refractivity contribution in [3.63, 3.8) is 0 Å². The summed E-state index contributed by atoms with van der Waals surface area (Å²) < 4.78 is 0. The van der Waals surface area contributed by atoms with E-state index in [1.54, 1.807) is 12.4 Å². The van der Waals surface area contributed by atoms with Crippen molar-refractivity contribution < 1.29 is 4.92 Å². The van der Waals surface area contributed by atoms with Gasteiger partial charge in [-0.15, -0.1) is 0 Å². The Morgan fingerprint density at radius 3 is 2.72 bits per heavy atom. The summed E-state index contributed by atoms with van der Waals surface area (Å²) in [7, 11) is 0. The molecule has 2 heterocycles. The van der Waals surface area contributed by atoms with Crippen LogP contribution in [0.5, 0.6) is 0 Å². The van der Waals surface area contributed by atoms with Gasteiger partial charge >= 0.3 is 5.69 Å². The van der Waals surface area contributed by atoms with E-state index >= 15 is 0 Å². The van der Waals surface area contributed by atoms with Gasteiger partial charge in [-0.05, 0) is 6.42 Å². The van der Waals surface area contributed by atoms with E-state index in [2.05, 4.69) is 25.3 Å². The SMILES string of the molecule is O=[N+]([O-])c1cnc(NCCCc2ncc[nH]2)nc1. The molecule has 8 nitrogen and oxygen atoms in total. The molecule has 0 spiro atoms. The second-order valence-electron chi connectivity index (χ2n) is 3.59. The Hall–Kier alpha value is -2.51. The molecule has 0 aliphatic heterocycles. The highest BCUT2D eigenvalue weighted by Gasteiger charge is 2.05. The average Bonchev–Trinajstić information content (AvgIpc) is 2.88. The van der Waals surface area contributed by atoms with E-state index in [1.807, 2.05) is 0 Å². The molecule has 0 aliphatic carbocycles. The van der Waals surface area contributed by atoms with Crippen LogP contribution >= 0.6 is 0 Å². The van der Waals surface area contributed by atoms with Gasteiger partial charge in [0.25, 0.3) is 0 Å². The van der Waals surface area contributed by atoms with E-state index in [4.69, 9.17) is 0 Å². The summed E-state index contributed by atoms with van der Waals surface area (Å²) in [5.74, 6) is 1.32. The lowest BCUT2D eigenvalue weighted by atomic mass is 10.3. The first-order valence-electron chi connectivity index (χ1n) is 5.44. The Morgan fingerprint density at radius 1 is 1.33 bits per heavy atom. The quantitative estimate of drug-likeness (QED) is 0.451. The molecule has 0 aliphatic rings. The van der Waals surface area contributed by atoms with Gasteiger partial charge in [-0.25, -0.2) is 15.0 Å². The molecule has 0 saturated heterocycles. The number of imidazole rings is 1. The zero-order valence-electron chi connectivity index (χ0n) is 9.54. The number of nitrogens with one attached hydrogen (secondary N) is 2. The number of rotatable bonds is 6. The predicted molar refractivity (Wildman–Crippen MR) is 64.1 cm³/mol. The van der Waals surface area contributed by atoms with E-state index in [0.717, 1.165) is 18.7 Å². The largest absolute Gasteiger partial charge is 0.354 e. The molecule has 2 aromatic heterocycles. The third kappa shape index (κ3) is 3.24. The smallest absolute Gasteiger partial charge is 0.305 e. The van der Waals surface area contributed by atoms with Crippen molar-refractivity contribution in [2.75, 3.05) is 11.9 Å². The monoisotopic (exact) mass is 248 g/mol. The van der Waals surface area contributed by atoms with Crippen LogP contribution in [0.4, 0.5) is 11.6 Å². The third-order valence-corrected chi connectivity index (χ3v) is 2.28. The molecule has 2 N–H and O–H groups in total. The molecule has 0 radical (unpaired) electrons. The maximum atomic E-state index is 10.4. The van der Waals surface area contributed by atoms with Gasteiger partial charge in [-0.1, -0.05) is 0 Å². The van der Waals surface area contributed by atoms with Crippen LogP contribution < -0.4 is 5.32 Å². The number of aryl methyl sites for hydroxylation is 1. The van der Waals surface area contributed by atoms with Gasteiger partial charge < -0.3 is 10.3 Å². The van der Waals surface area contributed by atoms with Crippen LogP contribution in [0.1, 0.15) is 12.2 Å². The first-order chi connectivity index (χ1) is 8.75. The number of nitrogens with zero attached hydrogens (tertiary/aromatic N) is 4. The van der Waals surface area contributed by atoms with Gasteiger partial charge in [-0.3, -0.25) is 10.1 Å². The molecular weight excluding hydrogens is 236 g/mol. The van der Waals surface area contributed by atoms with Crippen molar-refractivity contribution in [2.45, 2.75) is 12.8 Å². The van der Waals surface area contributed by atoms with Gasteiger partial charge in [0, 0.05) is 25.4 Å². The highest BCUT2D eigenvalue weighted by atomic mass is 16.6. The Kier molecular flexibility index (Phi) is 3.79. The number of aromatic nitrogens is 4. The summed E-state index contributed by atoms with van der Waals surface area (Å²) in [6.45, 7) is 0.679. The molecular formula is C10H12N6O2. The third-order valence-electron chi connectivity index (χ3n) is 2.28. The lowest BCUT2D eigenvalue weighted by Gasteiger charge is -2.02. The summed E-state index contributed by atoms with van der Waals surface area (Å²) in [6, 6.07) is 0. The normalized spacial score (nSPS) is 10.2.